The topological polar surface area (TPSA) is 78.0 Å². The fourth-order valence-corrected chi connectivity index (χ4v) is 1.09. The van der Waals surface area contributed by atoms with E-state index < -0.39 is 4.92 Å². The SMILES string of the molecule is CCC(=O)C(C)n1cnc([N+](=O)[O-])c1. The Labute approximate surface area is 80.7 Å². The van der Waals surface area contributed by atoms with Gasteiger partial charge in [0.2, 0.25) is 6.33 Å². The summed E-state index contributed by atoms with van der Waals surface area (Å²) in [5.74, 6) is -0.210. The van der Waals surface area contributed by atoms with Gasteiger partial charge in [0.15, 0.2) is 5.78 Å². The van der Waals surface area contributed by atoms with Crippen LogP contribution in [0.4, 0.5) is 5.82 Å². The molecule has 1 unspecified atom stereocenters. The Balaban J connectivity index is 2.86. The molecule has 0 saturated heterocycles. The number of carbonyl (C=O) groups is 1. The Kier molecular flexibility index (Phi) is 2.95. The molecule has 0 bridgehead atoms. The van der Waals surface area contributed by atoms with Gasteiger partial charge < -0.3 is 14.7 Å². The van der Waals surface area contributed by atoms with Crippen molar-refractivity contribution < 1.29 is 9.72 Å². The third-order valence-corrected chi connectivity index (χ3v) is 2.04. The molecule has 1 heterocycles. The minimum Gasteiger partial charge on any atom is -0.358 e. The predicted molar refractivity (Wildman–Crippen MR) is 48.9 cm³/mol. The van der Waals surface area contributed by atoms with Crippen molar-refractivity contribution >= 4 is 11.6 Å². The van der Waals surface area contributed by atoms with Crippen LogP contribution in [0.15, 0.2) is 12.5 Å². The highest BCUT2D eigenvalue weighted by Gasteiger charge is 2.17. The van der Waals surface area contributed by atoms with Crippen LogP contribution in [-0.4, -0.2) is 20.3 Å². The number of Topliss-reactive ketones (excluding diaryl/α,β-unsaturated/α-hetero) is 1. The summed E-state index contributed by atoms with van der Waals surface area (Å²) in [6.45, 7) is 3.45. The third-order valence-electron chi connectivity index (χ3n) is 2.04. The van der Waals surface area contributed by atoms with E-state index in [4.69, 9.17) is 0 Å². The van der Waals surface area contributed by atoms with E-state index in [0.29, 0.717) is 6.42 Å². The first kappa shape index (κ1) is 10.4. The van der Waals surface area contributed by atoms with Crippen molar-refractivity contribution in [1.29, 1.82) is 0 Å². The molecular formula is C8H11N3O3. The Morgan fingerprint density at radius 2 is 2.43 bits per heavy atom. The van der Waals surface area contributed by atoms with Crippen LogP contribution in [0.2, 0.25) is 0 Å². The van der Waals surface area contributed by atoms with Crippen LogP contribution in [0, 0.1) is 10.1 Å². The van der Waals surface area contributed by atoms with Crippen molar-refractivity contribution in [3.8, 4) is 0 Å². The highest BCUT2D eigenvalue weighted by Crippen LogP contribution is 2.13. The van der Waals surface area contributed by atoms with E-state index in [-0.39, 0.29) is 17.6 Å². The quantitative estimate of drug-likeness (QED) is 0.538. The molecular weight excluding hydrogens is 186 g/mol. The second-order valence-corrected chi connectivity index (χ2v) is 2.93. The van der Waals surface area contributed by atoms with Gasteiger partial charge in [-0.1, -0.05) is 6.92 Å². The fraction of sp³-hybridized carbons (Fsp3) is 0.500. The molecule has 0 amide bonds. The monoisotopic (exact) mass is 197 g/mol. The van der Waals surface area contributed by atoms with Crippen molar-refractivity contribution in [2.75, 3.05) is 0 Å². The lowest BCUT2D eigenvalue weighted by Crippen LogP contribution is -2.13. The molecule has 1 atom stereocenters. The number of hydrogen-bond acceptors (Lipinski definition) is 4. The molecule has 6 heteroatoms. The molecule has 0 aliphatic carbocycles. The van der Waals surface area contributed by atoms with Gasteiger partial charge in [0.05, 0.1) is 6.04 Å². The van der Waals surface area contributed by atoms with Crippen LogP contribution in [0.1, 0.15) is 26.3 Å². The minimum atomic E-state index is -0.584. The summed E-state index contributed by atoms with van der Waals surface area (Å²) in [7, 11) is 0. The Morgan fingerprint density at radius 1 is 1.79 bits per heavy atom. The zero-order valence-corrected chi connectivity index (χ0v) is 8.01. The molecule has 76 valence electrons. The third kappa shape index (κ3) is 1.95. The number of ketones is 1. The van der Waals surface area contributed by atoms with E-state index in [1.165, 1.54) is 17.1 Å². The summed E-state index contributed by atoms with van der Waals surface area (Å²) in [5, 5.41) is 10.3. The summed E-state index contributed by atoms with van der Waals surface area (Å²) in [5.41, 5.74) is 0. The van der Waals surface area contributed by atoms with E-state index in [9.17, 15) is 14.9 Å². The van der Waals surface area contributed by atoms with Gasteiger partial charge in [0.25, 0.3) is 0 Å². The molecule has 0 radical (unpaired) electrons. The molecule has 1 aromatic rings. The zero-order valence-electron chi connectivity index (χ0n) is 8.01. The van der Waals surface area contributed by atoms with Crippen LogP contribution in [-0.2, 0) is 4.79 Å². The molecule has 0 aromatic carbocycles. The summed E-state index contributed by atoms with van der Waals surface area (Å²) in [6.07, 6.45) is 2.97. The van der Waals surface area contributed by atoms with E-state index >= 15 is 0 Å². The number of nitro groups is 1. The summed E-state index contributed by atoms with van der Waals surface area (Å²) < 4.78 is 1.45. The molecule has 0 fully saturated rings. The van der Waals surface area contributed by atoms with E-state index in [1.807, 2.05) is 0 Å². The van der Waals surface area contributed by atoms with Crippen LogP contribution in [0.5, 0.6) is 0 Å². The van der Waals surface area contributed by atoms with Crippen molar-refractivity contribution in [3.05, 3.63) is 22.6 Å². The molecule has 1 rings (SSSR count). The minimum absolute atomic E-state index is 0.0253. The van der Waals surface area contributed by atoms with E-state index in [1.54, 1.807) is 13.8 Å². The van der Waals surface area contributed by atoms with Gasteiger partial charge in [-0.05, 0) is 16.8 Å². The molecule has 0 spiro atoms. The molecule has 0 N–H and O–H groups in total. The van der Waals surface area contributed by atoms with E-state index in [2.05, 4.69) is 4.98 Å². The highest BCUT2D eigenvalue weighted by molar-refractivity contribution is 5.81. The van der Waals surface area contributed by atoms with Gasteiger partial charge in [-0.25, -0.2) is 0 Å². The van der Waals surface area contributed by atoms with Gasteiger partial charge >= 0.3 is 5.82 Å². The predicted octanol–water partition coefficient (Wildman–Crippen LogP) is 1.33. The summed E-state index contributed by atoms with van der Waals surface area (Å²) >= 11 is 0. The lowest BCUT2D eigenvalue weighted by atomic mass is 10.2. The number of aromatic nitrogens is 2. The van der Waals surface area contributed by atoms with Crippen molar-refractivity contribution in [2.24, 2.45) is 0 Å². The lowest BCUT2D eigenvalue weighted by molar-refractivity contribution is -0.389. The van der Waals surface area contributed by atoms with E-state index in [0.717, 1.165) is 0 Å². The maximum absolute atomic E-state index is 11.3. The molecule has 0 aliphatic heterocycles. The Morgan fingerprint density at radius 3 is 2.86 bits per heavy atom. The number of nitrogens with zero attached hydrogens (tertiary/aromatic N) is 3. The van der Waals surface area contributed by atoms with Crippen LogP contribution in [0.3, 0.4) is 0 Å². The van der Waals surface area contributed by atoms with Gasteiger partial charge in [-0.2, -0.15) is 0 Å². The van der Waals surface area contributed by atoms with Crippen molar-refractivity contribution in [2.45, 2.75) is 26.3 Å². The maximum Gasteiger partial charge on any atom is 0.381 e. The molecule has 6 nitrogen and oxygen atoms in total. The average molecular weight is 197 g/mol. The van der Waals surface area contributed by atoms with Crippen molar-refractivity contribution in [1.82, 2.24) is 9.55 Å². The van der Waals surface area contributed by atoms with Gasteiger partial charge in [-0.15, -0.1) is 0 Å². The summed E-state index contributed by atoms with van der Waals surface area (Å²) in [4.78, 5) is 24.6. The second-order valence-electron chi connectivity index (χ2n) is 2.93. The molecule has 0 aliphatic rings. The van der Waals surface area contributed by atoms with Gasteiger partial charge in [0.1, 0.15) is 6.20 Å². The number of carbonyl (C=O) groups excluding carboxylic acids is 1. The van der Waals surface area contributed by atoms with Crippen LogP contribution in [0.25, 0.3) is 0 Å². The standard InChI is InChI=1S/C8H11N3O3/c1-3-7(12)6(2)10-4-8(9-5-10)11(13)14/h4-6H,3H2,1-2H3. The lowest BCUT2D eigenvalue weighted by Gasteiger charge is -2.07. The Hall–Kier alpha value is -1.72. The first-order valence-corrected chi connectivity index (χ1v) is 4.26. The van der Waals surface area contributed by atoms with Crippen LogP contribution >= 0.6 is 0 Å². The first-order valence-electron chi connectivity index (χ1n) is 4.26. The number of rotatable bonds is 4. The number of imidazole rings is 1. The molecule has 14 heavy (non-hydrogen) atoms. The number of hydrogen-bond donors (Lipinski definition) is 0. The smallest absolute Gasteiger partial charge is 0.358 e. The zero-order chi connectivity index (χ0) is 10.7. The van der Waals surface area contributed by atoms with Crippen molar-refractivity contribution in [3.63, 3.8) is 0 Å². The second kappa shape index (κ2) is 3.99. The maximum atomic E-state index is 11.3. The van der Waals surface area contributed by atoms with Crippen LogP contribution < -0.4 is 0 Å². The normalized spacial score (nSPS) is 12.4. The largest absolute Gasteiger partial charge is 0.381 e. The van der Waals surface area contributed by atoms with Gasteiger partial charge in [-0.3, -0.25) is 4.79 Å². The first-order chi connectivity index (χ1) is 6.56. The molecule has 1 aromatic heterocycles. The highest BCUT2D eigenvalue weighted by atomic mass is 16.6. The summed E-state index contributed by atoms with van der Waals surface area (Å²) in [6, 6.07) is -0.388. The average Bonchev–Trinajstić information content (AvgIpc) is 2.64. The Bertz CT molecular complexity index is 358. The van der Waals surface area contributed by atoms with Gasteiger partial charge in [0, 0.05) is 6.42 Å². The molecule has 0 saturated carbocycles. The fourth-order valence-electron chi connectivity index (χ4n) is 1.09.